The van der Waals surface area contributed by atoms with Crippen LogP contribution in [0.5, 0.6) is 11.5 Å². The summed E-state index contributed by atoms with van der Waals surface area (Å²) in [5.41, 5.74) is 3.93. The van der Waals surface area contributed by atoms with Gasteiger partial charge in [-0.3, -0.25) is 0 Å². The third-order valence-electron chi connectivity index (χ3n) is 5.48. The summed E-state index contributed by atoms with van der Waals surface area (Å²) in [6, 6.07) is 9.74. The van der Waals surface area contributed by atoms with E-state index in [4.69, 9.17) is 25.8 Å². The number of halogens is 1. The van der Waals surface area contributed by atoms with Gasteiger partial charge in [0, 0.05) is 29.8 Å². The summed E-state index contributed by atoms with van der Waals surface area (Å²) in [5.74, 6) is 1.35. The Morgan fingerprint density at radius 1 is 1.14 bits per heavy atom. The second kappa shape index (κ2) is 8.90. The number of ether oxygens (including phenoxy) is 3. The van der Waals surface area contributed by atoms with Crippen molar-refractivity contribution in [2.75, 3.05) is 20.0 Å². The van der Waals surface area contributed by atoms with Crippen LogP contribution in [0.25, 0.3) is 0 Å². The molecule has 0 aromatic heterocycles. The molecule has 0 saturated carbocycles. The van der Waals surface area contributed by atoms with Crippen molar-refractivity contribution in [1.82, 2.24) is 0 Å². The Kier molecular flexibility index (Phi) is 6.27. The molecule has 6 nitrogen and oxygen atoms in total. The number of hydrogen-bond donors (Lipinski definition) is 3. The van der Waals surface area contributed by atoms with E-state index in [-0.39, 0.29) is 6.61 Å². The van der Waals surface area contributed by atoms with E-state index in [2.05, 4.69) is 6.07 Å². The molecule has 156 valence electrons. The highest BCUT2D eigenvalue weighted by atomic mass is 35.5. The second-order valence-electron chi connectivity index (χ2n) is 7.53. The van der Waals surface area contributed by atoms with Crippen LogP contribution in [0.2, 0.25) is 5.02 Å². The second-order valence-corrected chi connectivity index (χ2v) is 7.93. The number of fused-ring (bicyclic) bond motifs is 1. The van der Waals surface area contributed by atoms with Crippen LogP contribution in [-0.4, -0.2) is 47.5 Å². The number of aliphatic hydroxyl groups is 3. The first-order chi connectivity index (χ1) is 14.1. The van der Waals surface area contributed by atoms with Crippen LogP contribution >= 0.6 is 11.6 Å². The fourth-order valence-corrected chi connectivity index (χ4v) is 4.30. The van der Waals surface area contributed by atoms with E-state index in [1.807, 2.05) is 18.2 Å². The van der Waals surface area contributed by atoms with Crippen molar-refractivity contribution in [3.8, 4) is 11.5 Å². The van der Waals surface area contributed by atoms with Gasteiger partial charge in [-0.25, -0.2) is 0 Å². The highest BCUT2D eigenvalue weighted by Crippen LogP contribution is 2.40. The molecule has 0 bridgehead atoms. The minimum absolute atomic E-state index is 0.165. The Labute approximate surface area is 174 Å². The van der Waals surface area contributed by atoms with Crippen LogP contribution in [-0.2, 0) is 17.6 Å². The summed E-state index contributed by atoms with van der Waals surface area (Å²) in [4.78, 5) is 0. The lowest BCUT2D eigenvalue weighted by molar-refractivity contribution is -0.114. The van der Waals surface area contributed by atoms with Gasteiger partial charge in [0.05, 0.1) is 31.5 Å². The molecule has 2 aliphatic heterocycles. The third-order valence-corrected chi connectivity index (χ3v) is 5.83. The average Bonchev–Trinajstić information content (AvgIpc) is 3.17. The maximum atomic E-state index is 10.2. The van der Waals surface area contributed by atoms with Crippen LogP contribution < -0.4 is 9.47 Å². The quantitative estimate of drug-likeness (QED) is 0.623. The molecule has 3 N–H and O–H groups in total. The zero-order valence-corrected chi connectivity index (χ0v) is 16.8. The Bertz CT molecular complexity index is 871. The van der Waals surface area contributed by atoms with E-state index in [1.54, 1.807) is 6.07 Å². The molecular weight excluding hydrogens is 396 g/mol. The molecule has 1 saturated heterocycles. The van der Waals surface area contributed by atoms with Crippen molar-refractivity contribution in [3.63, 3.8) is 0 Å². The van der Waals surface area contributed by atoms with Gasteiger partial charge in [-0.05, 0) is 41.3 Å². The molecule has 2 aliphatic rings. The molecule has 0 amide bonds. The maximum Gasteiger partial charge on any atom is 0.186 e. The molecule has 1 fully saturated rings. The van der Waals surface area contributed by atoms with Gasteiger partial charge < -0.3 is 29.5 Å². The number of hydrogen-bond acceptors (Lipinski definition) is 6. The zero-order valence-electron chi connectivity index (χ0n) is 16.0. The first kappa shape index (κ1) is 20.4. The van der Waals surface area contributed by atoms with Crippen LogP contribution in [0.3, 0.4) is 0 Å². The van der Waals surface area contributed by atoms with Gasteiger partial charge in [0.15, 0.2) is 6.79 Å². The van der Waals surface area contributed by atoms with Gasteiger partial charge in [-0.2, -0.15) is 0 Å². The largest absolute Gasteiger partial charge is 0.493 e. The zero-order chi connectivity index (χ0) is 20.4. The SMILES string of the molecule is OCOc1cc(Cl)c(Cc2ccc3c(c2)CCO3)cc1C1CC(O)CC(CO)O1. The summed E-state index contributed by atoms with van der Waals surface area (Å²) in [5, 5.41) is 29.5. The van der Waals surface area contributed by atoms with E-state index in [1.165, 1.54) is 5.56 Å². The summed E-state index contributed by atoms with van der Waals surface area (Å²) in [6.45, 7) is 0.0534. The van der Waals surface area contributed by atoms with Crippen LogP contribution in [0.1, 0.15) is 41.2 Å². The molecule has 0 radical (unpaired) electrons. The van der Waals surface area contributed by atoms with E-state index in [0.717, 1.165) is 23.3 Å². The molecule has 3 atom stereocenters. The van der Waals surface area contributed by atoms with Crippen molar-refractivity contribution in [1.29, 1.82) is 0 Å². The summed E-state index contributed by atoms with van der Waals surface area (Å²) < 4.78 is 16.9. The van der Waals surface area contributed by atoms with E-state index >= 15 is 0 Å². The molecule has 2 aromatic carbocycles. The molecule has 3 unspecified atom stereocenters. The molecule has 2 aromatic rings. The monoisotopic (exact) mass is 420 g/mol. The predicted octanol–water partition coefficient (Wildman–Crippen LogP) is 2.77. The van der Waals surface area contributed by atoms with Crippen LogP contribution in [0, 0.1) is 0 Å². The van der Waals surface area contributed by atoms with Crippen molar-refractivity contribution in [2.24, 2.45) is 0 Å². The number of aliphatic hydroxyl groups excluding tert-OH is 3. The fourth-order valence-electron chi connectivity index (χ4n) is 4.08. The van der Waals surface area contributed by atoms with Crippen molar-refractivity contribution in [2.45, 2.75) is 44.0 Å². The molecule has 4 rings (SSSR count). The highest BCUT2D eigenvalue weighted by Gasteiger charge is 2.31. The molecule has 2 heterocycles. The van der Waals surface area contributed by atoms with Gasteiger partial charge in [0.2, 0.25) is 0 Å². The lowest BCUT2D eigenvalue weighted by atomic mass is 9.93. The molecular formula is C22H25ClO6. The van der Waals surface area contributed by atoms with E-state index in [0.29, 0.717) is 42.2 Å². The molecule has 29 heavy (non-hydrogen) atoms. The van der Waals surface area contributed by atoms with Gasteiger partial charge in [0.1, 0.15) is 11.5 Å². The number of rotatable bonds is 6. The summed E-state index contributed by atoms with van der Waals surface area (Å²) in [6.07, 6.45) is 0.822. The average molecular weight is 421 g/mol. The predicted molar refractivity (Wildman–Crippen MR) is 108 cm³/mol. The first-order valence-electron chi connectivity index (χ1n) is 9.82. The molecule has 0 spiro atoms. The van der Waals surface area contributed by atoms with Crippen molar-refractivity contribution in [3.05, 3.63) is 57.6 Å². The first-order valence-corrected chi connectivity index (χ1v) is 10.2. The Balaban J connectivity index is 1.65. The van der Waals surface area contributed by atoms with Crippen LogP contribution in [0.4, 0.5) is 0 Å². The smallest absolute Gasteiger partial charge is 0.186 e. The van der Waals surface area contributed by atoms with Crippen molar-refractivity contribution >= 4 is 11.6 Å². The summed E-state index contributed by atoms with van der Waals surface area (Å²) in [7, 11) is 0. The Morgan fingerprint density at radius 3 is 2.79 bits per heavy atom. The van der Waals surface area contributed by atoms with Gasteiger partial charge in [0.25, 0.3) is 0 Å². The number of benzene rings is 2. The highest BCUT2D eigenvalue weighted by molar-refractivity contribution is 6.31. The van der Waals surface area contributed by atoms with E-state index in [9.17, 15) is 15.3 Å². The fraction of sp³-hybridized carbons (Fsp3) is 0.455. The lowest BCUT2D eigenvalue weighted by Gasteiger charge is -2.33. The van der Waals surface area contributed by atoms with E-state index < -0.39 is 25.1 Å². The molecule has 7 heteroatoms. The van der Waals surface area contributed by atoms with Gasteiger partial charge in [-0.15, -0.1) is 0 Å². The normalized spacial score (nSPS) is 23.5. The topological polar surface area (TPSA) is 88.4 Å². The lowest BCUT2D eigenvalue weighted by Crippen LogP contribution is -2.33. The van der Waals surface area contributed by atoms with Gasteiger partial charge >= 0.3 is 0 Å². The molecule has 0 aliphatic carbocycles. The summed E-state index contributed by atoms with van der Waals surface area (Å²) >= 11 is 6.51. The Hall–Kier alpha value is -1.83. The standard InChI is InChI=1S/C22H25ClO6/c23-19-10-21(28-12-25)18(22-9-16(26)8-17(11-24)29-22)7-15(19)6-13-1-2-20-14(5-13)3-4-27-20/h1-2,5,7,10,16-17,22,24-26H,3-4,6,8-9,11-12H2. The maximum absolute atomic E-state index is 10.2. The minimum atomic E-state index is -0.580. The minimum Gasteiger partial charge on any atom is -0.493 e. The van der Waals surface area contributed by atoms with Crippen molar-refractivity contribution < 1.29 is 29.5 Å². The third kappa shape index (κ3) is 4.52. The van der Waals surface area contributed by atoms with Gasteiger partial charge in [-0.1, -0.05) is 23.7 Å². The van der Waals surface area contributed by atoms with Crippen LogP contribution in [0.15, 0.2) is 30.3 Å². The Morgan fingerprint density at radius 2 is 2.00 bits per heavy atom.